The summed E-state index contributed by atoms with van der Waals surface area (Å²) in [6.45, 7) is -0.673. The summed E-state index contributed by atoms with van der Waals surface area (Å²) in [5, 5.41) is 39.5. The second-order valence-electron chi connectivity index (χ2n) is 14.7. The maximum absolute atomic E-state index is 14.8. The fraction of sp³-hybridized carbons (Fsp3) is 0.0816. The van der Waals surface area contributed by atoms with Crippen LogP contribution in [0, 0.1) is 68.6 Å². The molecule has 0 bridgehead atoms. The van der Waals surface area contributed by atoms with Gasteiger partial charge in [-0.1, -0.05) is 60.7 Å². The highest BCUT2D eigenvalue weighted by atomic mass is 32.1. The molecule has 0 fully saturated rings. The predicted molar refractivity (Wildman–Crippen MR) is 234 cm³/mol. The first kappa shape index (κ1) is 43.4. The molecule has 67 heavy (non-hydrogen) atoms. The molecule has 0 spiro atoms. The molecule has 1 aliphatic heterocycles. The molecule has 12 nitrogen and oxygen atoms in total. The summed E-state index contributed by atoms with van der Waals surface area (Å²) in [6.07, 6.45) is -0.126. The van der Waals surface area contributed by atoms with E-state index in [0.29, 0.717) is 23.3 Å². The molecule has 6 aromatic rings. The van der Waals surface area contributed by atoms with Gasteiger partial charge in [-0.15, -0.1) is 22.7 Å². The number of carbonyl (C=O) groups excluding carboxylic acids is 3. The third kappa shape index (κ3) is 7.52. The van der Waals surface area contributed by atoms with Crippen molar-refractivity contribution in [3.63, 3.8) is 0 Å². The number of esters is 2. The molecular weight excluding hydrogens is 909 g/mol. The monoisotopic (exact) mass is 930 g/mol. The van der Waals surface area contributed by atoms with E-state index in [1.165, 1.54) is 12.1 Å². The molecule has 2 aliphatic carbocycles. The molecule has 0 saturated heterocycles. The average Bonchev–Trinajstić information content (AvgIpc) is 4.09. The highest BCUT2D eigenvalue weighted by molar-refractivity contribution is 7.26. The van der Waals surface area contributed by atoms with Crippen LogP contribution in [0.1, 0.15) is 43.7 Å². The number of benzene rings is 4. The molecule has 0 atom stereocenters. The topological polar surface area (TPSA) is 199 Å². The van der Waals surface area contributed by atoms with Crippen molar-refractivity contribution < 1.29 is 46.2 Å². The quantitative estimate of drug-likeness (QED) is 0.0612. The Labute approximate surface area is 384 Å². The van der Waals surface area contributed by atoms with E-state index in [-0.39, 0.29) is 89.8 Å². The summed E-state index contributed by atoms with van der Waals surface area (Å²) >= 11 is 1.77. The molecule has 3 aliphatic rings. The Morgan fingerprint density at radius 2 is 1.15 bits per heavy atom. The molecule has 0 radical (unpaired) electrons. The number of allylic oxidation sites excluding steroid dienone is 4. The summed E-state index contributed by atoms with van der Waals surface area (Å²) < 4.78 is 76.2. The van der Waals surface area contributed by atoms with Gasteiger partial charge in [0, 0.05) is 40.3 Å². The number of halogens is 4. The number of rotatable bonds is 8. The zero-order valence-electron chi connectivity index (χ0n) is 33.8. The van der Waals surface area contributed by atoms with Crippen LogP contribution in [0.25, 0.3) is 20.9 Å². The number of ketones is 1. The van der Waals surface area contributed by atoms with Gasteiger partial charge in [0.2, 0.25) is 5.78 Å². The lowest BCUT2D eigenvalue weighted by Gasteiger charge is -2.33. The molecule has 3 heterocycles. The van der Waals surface area contributed by atoms with Gasteiger partial charge in [0.1, 0.15) is 70.1 Å². The Hall–Kier alpha value is -8.81. The van der Waals surface area contributed by atoms with Crippen molar-refractivity contribution in [2.75, 3.05) is 0 Å². The number of carbonyl (C=O) groups is 3. The van der Waals surface area contributed by atoms with Gasteiger partial charge in [0.15, 0.2) is 23.3 Å². The lowest BCUT2D eigenvalue weighted by atomic mass is 9.91. The SMILES string of the molecule is N#CC(C#N)=C1C(=Nc2cc3c(s2)-c2sc(N=C4C(=O)c5cc(F)c(F)cc5C4=C(C#N)C#N)cc2C(C(=O)OCc2ccccc2)(C(=O)OCc2ccccc2)O3)Cc2cc(F)c(F)cc21. The Morgan fingerprint density at radius 3 is 1.73 bits per heavy atom. The Bertz CT molecular complexity index is 3390. The normalized spacial score (nSPS) is 15.0. The van der Waals surface area contributed by atoms with Gasteiger partial charge in [-0.2, -0.15) is 21.0 Å². The van der Waals surface area contributed by atoms with Crippen molar-refractivity contribution in [2.24, 2.45) is 9.98 Å². The van der Waals surface area contributed by atoms with Crippen LogP contribution in [-0.2, 0) is 44.3 Å². The highest BCUT2D eigenvalue weighted by Crippen LogP contribution is 2.57. The standard InChI is InChI=1S/C49H22F4N6O6S2/c50-33-11-26-12-37(41(27(18-54)19-55)29(26)13-34(33)51)58-40-17-38-46(67-40)45-32(16-39(66-45)59-43-42(28(20-56)21-57)30-14-35(52)36(53)15-31(30)44(43)60)49(65-38,47(61)63-22-24-7-3-1-4-8-24)48(62)64-23-25-9-5-2-6-10-25/h1-11,13-17H,12,22-23H2. The summed E-state index contributed by atoms with van der Waals surface area (Å²) in [5.41, 5.74) is -4.11. The number of ether oxygens (including phenoxy) is 3. The van der Waals surface area contributed by atoms with Crippen LogP contribution in [-0.4, -0.2) is 29.1 Å². The van der Waals surface area contributed by atoms with Gasteiger partial charge in [-0.25, -0.2) is 37.1 Å². The van der Waals surface area contributed by atoms with E-state index in [1.807, 2.05) is 0 Å². The number of hydrogen-bond donors (Lipinski definition) is 0. The predicted octanol–water partition coefficient (Wildman–Crippen LogP) is 10.0. The average molecular weight is 931 g/mol. The first-order valence-electron chi connectivity index (χ1n) is 19.6. The minimum atomic E-state index is -2.76. The lowest BCUT2D eigenvalue weighted by Crippen LogP contribution is -2.51. The van der Waals surface area contributed by atoms with E-state index in [1.54, 1.807) is 84.9 Å². The zero-order valence-corrected chi connectivity index (χ0v) is 35.5. The van der Waals surface area contributed by atoms with Crippen molar-refractivity contribution >= 4 is 73.0 Å². The number of hydrogen-bond acceptors (Lipinski definition) is 14. The van der Waals surface area contributed by atoms with Crippen LogP contribution in [0.4, 0.5) is 27.6 Å². The van der Waals surface area contributed by atoms with Crippen LogP contribution in [0.3, 0.4) is 0 Å². The molecule has 0 saturated carbocycles. The number of thiophene rings is 2. The third-order valence-electron chi connectivity index (χ3n) is 10.8. The van der Waals surface area contributed by atoms with Crippen molar-refractivity contribution in [1.82, 2.24) is 0 Å². The minimum Gasteiger partial charge on any atom is -0.458 e. The van der Waals surface area contributed by atoms with E-state index >= 15 is 0 Å². The first-order chi connectivity index (χ1) is 32.4. The van der Waals surface area contributed by atoms with Crippen LogP contribution >= 0.6 is 22.7 Å². The molecule has 2 aromatic heterocycles. The second-order valence-corrected chi connectivity index (χ2v) is 16.8. The van der Waals surface area contributed by atoms with Crippen LogP contribution in [0.15, 0.2) is 118 Å². The van der Waals surface area contributed by atoms with Gasteiger partial charge >= 0.3 is 17.5 Å². The fourth-order valence-corrected chi connectivity index (χ4v) is 9.94. The number of aliphatic imine (C=N–C) groups is 2. The largest absolute Gasteiger partial charge is 0.458 e. The van der Waals surface area contributed by atoms with E-state index in [9.17, 15) is 53.0 Å². The summed E-state index contributed by atoms with van der Waals surface area (Å²) in [4.78, 5) is 53.0. The van der Waals surface area contributed by atoms with E-state index in [4.69, 9.17) is 19.2 Å². The van der Waals surface area contributed by atoms with Crippen molar-refractivity contribution in [1.29, 1.82) is 21.0 Å². The minimum absolute atomic E-state index is 0.0376. The Balaban J connectivity index is 1.24. The van der Waals surface area contributed by atoms with E-state index in [0.717, 1.165) is 34.8 Å². The fourth-order valence-electron chi connectivity index (χ4n) is 7.72. The molecule has 324 valence electrons. The van der Waals surface area contributed by atoms with Gasteiger partial charge in [0.25, 0.3) is 0 Å². The maximum Gasteiger partial charge on any atom is 0.367 e. The van der Waals surface area contributed by atoms with E-state index < -0.39 is 63.4 Å². The number of nitriles is 4. The smallest absolute Gasteiger partial charge is 0.367 e. The lowest BCUT2D eigenvalue weighted by molar-refractivity contribution is -0.183. The van der Waals surface area contributed by atoms with Crippen molar-refractivity contribution in [3.05, 3.63) is 170 Å². The van der Waals surface area contributed by atoms with Gasteiger partial charge in [-0.3, -0.25) is 4.79 Å². The van der Waals surface area contributed by atoms with E-state index in [2.05, 4.69) is 4.99 Å². The van der Waals surface area contributed by atoms with Gasteiger partial charge in [0.05, 0.1) is 15.5 Å². The molecular formula is C49H22F4N6O6S2. The molecule has 0 amide bonds. The Kier molecular flexibility index (Phi) is 11.2. The van der Waals surface area contributed by atoms with Gasteiger partial charge < -0.3 is 14.2 Å². The van der Waals surface area contributed by atoms with Crippen LogP contribution in [0.2, 0.25) is 0 Å². The summed E-state index contributed by atoms with van der Waals surface area (Å²) in [7, 11) is 0. The Morgan fingerprint density at radius 1 is 0.642 bits per heavy atom. The molecule has 18 heteroatoms. The second kappa shape index (κ2) is 17.3. The molecule has 0 N–H and O–H groups in total. The van der Waals surface area contributed by atoms with Crippen molar-refractivity contribution in [2.45, 2.75) is 25.2 Å². The summed E-state index contributed by atoms with van der Waals surface area (Å²) in [6, 6.07) is 29.6. The molecule has 0 unspecified atom stereocenters. The first-order valence-corrected chi connectivity index (χ1v) is 21.2. The van der Waals surface area contributed by atoms with Crippen molar-refractivity contribution in [3.8, 4) is 39.8 Å². The molecule has 9 rings (SSSR count). The maximum atomic E-state index is 14.8. The number of Topliss-reactive ketones (excluding diaryl/α,β-unsaturated/α-hetero) is 1. The van der Waals surface area contributed by atoms with Gasteiger partial charge in [-0.05, 0) is 52.6 Å². The molecule has 4 aromatic carbocycles. The summed E-state index contributed by atoms with van der Waals surface area (Å²) in [5.74, 6) is -8.65. The zero-order chi connectivity index (χ0) is 47.1. The third-order valence-corrected chi connectivity index (χ3v) is 13.0. The number of fused-ring (bicyclic) bond motifs is 5. The highest BCUT2D eigenvalue weighted by Gasteiger charge is 2.59. The van der Waals surface area contributed by atoms with Crippen LogP contribution < -0.4 is 4.74 Å². The number of nitrogens with zero attached hydrogens (tertiary/aromatic N) is 6. The van der Waals surface area contributed by atoms with Crippen LogP contribution in [0.5, 0.6) is 5.75 Å².